The molecule has 0 aromatic carbocycles. The second-order valence-electron chi connectivity index (χ2n) is 17.0. The lowest BCUT2D eigenvalue weighted by molar-refractivity contribution is -0.297. The van der Waals surface area contributed by atoms with E-state index in [1.165, 1.54) is 0 Å². The summed E-state index contributed by atoms with van der Waals surface area (Å²) >= 11 is 0. The van der Waals surface area contributed by atoms with E-state index in [2.05, 4.69) is 40.3 Å². The third kappa shape index (κ3) is 4.60. The highest BCUT2D eigenvalue weighted by molar-refractivity contribution is 5.80. The van der Waals surface area contributed by atoms with Gasteiger partial charge in [-0.2, -0.15) is 0 Å². The van der Waals surface area contributed by atoms with Gasteiger partial charge in [-0.15, -0.1) is 0 Å². The summed E-state index contributed by atoms with van der Waals surface area (Å²) in [6.07, 6.45) is -4.90. The minimum absolute atomic E-state index is 0.00743. The first-order valence-corrected chi connectivity index (χ1v) is 17.4. The fourth-order valence-corrected chi connectivity index (χ4v) is 12.1. The first-order valence-electron chi connectivity index (χ1n) is 17.4. The van der Waals surface area contributed by atoms with E-state index in [9.17, 15) is 45.6 Å². The first-order chi connectivity index (χ1) is 21.9. The van der Waals surface area contributed by atoms with Gasteiger partial charge in [0, 0.05) is 17.3 Å². The number of ether oxygens (including phenoxy) is 2. The van der Waals surface area contributed by atoms with E-state index in [4.69, 9.17) is 9.47 Å². The van der Waals surface area contributed by atoms with E-state index in [0.717, 1.165) is 11.1 Å². The van der Waals surface area contributed by atoms with Gasteiger partial charge in [0.1, 0.15) is 24.4 Å². The number of hydrogen-bond donors (Lipinski definition) is 8. The second kappa shape index (κ2) is 11.6. The predicted octanol–water partition coefficient (Wildman–Crippen LogP) is 1.18. The molecule has 266 valence electrons. The minimum Gasteiger partial charge on any atom is -0.432 e. The Labute approximate surface area is 277 Å². The van der Waals surface area contributed by atoms with Gasteiger partial charge in [0.05, 0.1) is 36.9 Å². The van der Waals surface area contributed by atoms with Crippen molar-refractivity contribution in [1.82, 2.24) is 0 Å². The summed E-state index contributed by atoms with van der Waals surface area (Å²) in [6.45, 7) is 14.0. The molecule has 47 heavy (non-hydrogen) atoms. The molecule has 1 heterocycles. The molecule has 5 aliphatic carbocycles. The molecule has 6 rings (SSSR count). The highest BCUT2D eigenvalue weighted by Gasteiger charge is 2.72. The Morgan fingerprint density at radius 3 is 2.28 bits per heavy atom. The van der Waals surface area contributed by atoms with Crippen LogP contribution in [-0.4, -0.2) is 109 Å². The maximum absolute atomic E-state index is 14.4. The second-order valence-corrected chi connectivity index (χ2v) is 17.0. The van der Waals surface area contributed by atoms with Crippen molar-refractivity contribution in [2.45, 2.75) is 129 Å². The lowest BCUT2D eigenvalue weighted by Gasteiger charge is -2.72. The molecule has 0 spiro atoms. The van der Waals surface area contributed by atoms with Gasteiger partial charge in [-0.1, -0.05) is 58.4 Å². The molecule has 6 aliphatic rings. The average Bonchev–Trinajstić information content (AvgIpc) is 3.02. The van der Waals surface area contributed by atoms with Gasteiger partial charge < -0.3 is 50.3 Å². The minimum atomic E-state index is -1.70. The van der Waals surface area contributed by atoms with Crippen molar-refractivity contribution in [3.63, 3.8) is 0 Å². The van der Waals surface area contributed by atoms with Gasteiger partial charge in [0.25, 0.3) is 0 Å². The third-order valence-corrected chi connectivity index (χ3v) is 14.9. The Kier molecular flexibility index (Phi) is 8.72. The SMILES string of the molecule is C=C1[C@@H]2C3=CC[C@@H]4[C@@]5(C)C[C@@H](O)[C@H](O)[C@@](C)(CO)[C@@H]5[C@H](O)C[C@@]4(C)[C@]3(C)CC[C@@]2(C(=O)O[C@@H]2O[C@H](CO)[C@@H](O)[C@H](O)[C@H]2O)CC[C@H]1C. The van der Waals surface area contributed by atoms with Crippen LogP contribution in [0.3, 0.4) is 0 Å². The Morgan fingerprint density at radius 1 is 0.957 bits per heavy atom. The van der Waals surface area contributed by atoms with Crippen molar-refractivity contribution in [3.8, 4) is 0 Å². The van der Waals surface area contributed by atoms with Crippen molar-refractivity contribution in [3.05, 3.63) is 23.8 Å². The largest absolute Gasteiger partial charge is 0.432 e. The van der Waals surface area contributed by atoms with Crippen LogP contribution in [0, 0.1) is 50.7 Å². The fourth-order valence-electron chi connectivity index (χ4n) is 12.1. The lowest BCUT2D eigenvalue weighted by atomic mass is 9.33. The van der Waals surface area contributed by atoms with Crippen LogP contribution in [-0.2, 0) is 14.3 Å². The number of aliphatic hydroxyl groups is 8. The van der Waals surface area contributed by atoms with Crippen LogP contribution in [0.2, 0.25) is 0 Å². The van der Waals surface area contributed by atoms with Crippen molar-refractivity contribution in [2.24, 2.45) is 50.7 Å². The maximum atomic E-state index is 14.4. The van der Waals surface area contributed by atoms with Crippen LogP contribution in [0.1, 0.15) is 79.6 Å². The number of fused-ring (bicyclic) bond motifs is 7. The van der Waals surface area contributed by atoms with Gasteiger partial charge in [0.15, 0.2) is 0 Å². The molecule has 0 amide bonds. The number of esters is 1. The fraction of sp³-hybridized carbons (Fsp3) is 0.861. The summed E-state index contributed by atoms with van der Waals surface area (Å²) in [6, 6.07) is 0. The Hall–Kier alpha value is -1.41. The van der Waals surface area contributed by atoms with Crippen LogP contribution in [0.15, 0.2) is 23.8 Å². The van der Waals surface area contributed by atoms with Crippen LogP contribution >= 0.6 is 0 Å². The average molecular weight is 665 g/mol. The van der Waals surface area contributed by atoms with Crippen LogP contribution in [0.4, 0.5) is 0 Å². The van der Waals surface area contributed by atoms with Crippen LogP contribution in [0.25, 0.3) is 0 Å². The first kappa shape index (κ1) is 35.4. The van der Waals surface area contributed by atoms with E-state index in [-0.39, 0.29) is 24.4 Å². The van der Waals surface area contributed by atoms with Crippen molar-refractivity contribution in [2.75, 3.05) is 13.2 Å². The Morgan fingerprint density at radius 2 is 1.64 bits per heavy atom. The molecule has 11 heteroatoms. The molecule has 1 aliphatic heterocycles. The molecule has 1 saturated heterocycles. The highest BCUT2D eigenvalue weighted by Crippen LogP contribution is 2.75. The standard InChI is InChI=1S/C36H56O11/c1-17-9-10-36(31(45)47-30-27(43)26(42)25(41)22(15-37)46-30)12-11-34(5)19(24(36)18(17)2)7-8-23-32(3)13-21(40)29(44)33(4,16-38)28(32)20(39)14-35(23,34)6/h7,17,20-30,37-44H,2,8-16H2,1,3-6H3/t17-,20-,21-,22-,23-,24-,25-,26+,27-,28-,29+,30+,32-,33+,34-,35-,36+/m1/s1. The van der Waals surface area contributed by atoms with Crippen LogP contribution < -0.4 is 0 Å². The number of hydrogen-bond acceptors (Lipinski definition) is 11. The number of aliphatic hydroxyl groups excluding tert-OH is 8. The smallest absolute Gasteiger partial charge is 0.315 e. The molecule has 0 unspecified atom stereocenters. The zero-order valence-electron chi connectivity index (χ0n) is 28.4. The Balaban J connectivity index is 1.39. The lowest BCUT2D eigenvalue weighted by Crippen LogP contribution is -2.71. The topological polar surface area (TPSA) is 197 Å². The maximum Gasteiger partial charge on any atom is 0.315 e. The van der Waals surface area contributed by atoms with Gasteiger partial charge in [0.2, 0.25) is 6.29 Å². The molecule has 17 atom stereocenters. The summed E-state index contributed by atoms with van der Waals surface area (Å²) in [5.41, 5.74) is -1.63. The van der Waals surface area contributed by atoms with E-state index < -0.39 is 94.6 Å². The van der Waals surface area contributed by atoms with Gasteiger partial charge >= 0.3 is 5.97 Å². The third-order valence-electron chi connectivity index (χ3n) is 14.9. The van der Waals surface area contributed by atoms with Crippen LogP contribution in [0.5, 0.6) is 0 Å². The van der Waals surface area contributed by atoms with Crippen molar-refractivity contribution >= 4 is 5.97 Å². The molecule has 0 radical (unpaired) electrons. The molecule has 5 fully saturated rings. The van der Waals surface area contributed by atoms with Gasteiger partial charge in [-0.25, -0.2) is 0 Å². The quantitative estimate of drug-likeness (QED) is 0.159. The van der Waals surface area contributed by atoms with E-state index in [1.807, 2.05) is 0 Å². The summed E-state index contributed by atoms with van der Waals surface area (Å²) < 4.78 is 11.4. The van der Waals surface area contributed by atoms with Crippen molar-refractivity contribution in [1.29, 1.82) is 0 Å². The number of carbonyl (C=O) groups is 1. The van der Waals surface area contributed by atoms with E-state index in [1.54, 1.807) is 6.92 Å². The monoisotopic (exact) mass is 664 g/mol. The van der Waals surface area contributed by atoms with Crippen molar-refractivity contribution < 1.29 is 55.1 Å². The summed E-state index contributed by atoms with van der Waals surface area (Å²) in [5, 5.41) is 85.7. The molecule has 4 saturated carbocycles. The molecule has 0 aromatic rings. The van der Waals surface area contributed by atoms with Gasteiger partial charge in [-0.05, 0) is 73.0 Å². The molecule has 0 aromatic heterocycles. The zero-order chi connectivity index (χ0) is 34.6. The number of allylic oxidation sites excluding steroid dienone is 3. The summed E-state index contributed by atoms with van der Waals surface area (Å²) in [4.78, 5) is 14.4. The molecule has 0 bridgehead atoms. The highest BCUT2D eigenvalue weighted by atomic mass is 16.7. The number of rotatable bonds is 4. The van der Waals surface area contributed by atoms with E-state index in [0.29, 0.717) is 44.9 Å². The van der Waals surface area contributed by atoms with E-state index >= 15 is 0 Å². The zero-order valence-corrected chi connectivity index (χ0v) is 28.4. The molecular weight excluding hydrogens is 608 g/mol. The van der Waals surface area contributed by atoms with Gasteiger partial charge in [-0.3, -0.25) is 4.79 Å². The summed E-state index contributed by atoms with van der Waals surface area (Å²) in [5.74, 6) is -1.26. The molecule has 11 nitrogen and oxygen atoms in total. The molecular formula is C36H56O11. The normalized spacial score (nSPS) is 55.9. The predicted molar refractivity (Wildman–Crippen MR) is 169 cm³/mol. The molecule has 8 N–H and O–H groups in total. The number of carbonyl (C=O) groups excluding carboxylic acids is 1. The summed E-state index contributed by atoms with van der Waals surface area (Å²) in [7, 11) is 0. The Bertz CT molecular complexity index is 1300.